The smallest absolute Gasteiger partial charge is 0.256 e. The molecular formula is C12H14FN3O2. The van der Waals surface area contributed by atoms with Gasteiger partial charge in [-0.1, -0.05) is 0 Å². The lowest BCUT2D eigenvalue weighted by Crippen LogP contribution is -2.37. The van der Waals surface area contributed by atoms with Gasteiger partial charge in [-0.25, -0.2) is 4.39 Å². The topological polar surface area (TPSA) is 75.4 Å². The summed E-state index contributed by atoms with van der Waals surface area (Å²) in [7, 11) is 0. The maximum Gasteiger partial charge on any atom is 0.256 e. The molecule has 18 heavy (non-hydrogen) atoms. The summed E-state index contributed by atoms with van der Waals surface area (Å²) in [6.45, 7) is 0.976. The molecule has 6 heteroatoms. The number of nitrogens with zero attached hydrogens (tertiary/aromatic N) is 1. The van der Waals surface area contributed by atoms with E-state index >= 15 is 0 Å². The molecule has 1 aliphatic rings. The van der Waals surface area contributed by atoms with Gasteiger partial charge in [0.05, 0.1) is 12.1 Å². The van der Waals surface area contributed by atoms with Crippen molar-refractivity contribution in [1.29, 1.82) is 0 Å². The van der Waals surface area contributed by atoms with Crippen molar-refractivity contribution in [3.05, 3.63) is 29.6 Å². The van der Waals surface area contributed by atoms with Crippen molar-refractivity contribution < 1.29 is 14.0 Å². The molecule has 1 aromatic carbocycles. The summed E-state index contributed by atoms with van der Waals surface area (Å²) in [4.78, 5) is 24.9. The van der Waals surface area contributed by atoms with Gasteiger partial charge in [0, 0.05) is 18.8 Å². The maximum absolute atomic E-state index is 13.1. The Morgan fingerprint density at radius 2 is 2.22 bits per heavy atom. The van der Waals surface area contributed by atoms with Crippen LogP contribution in [0.3, 0.4) is 0 Å². The first-order valence-electron chi connectivity index (χ1n) is 5.69. The fourth-order valence-electron chi connectivity index (χ4n) is 1.86. The molecule has 2 amide bonds. The third-order valence-electron chi connectivity index (χ3n) is 2.79. The average Bonchev–Trinajstić information content (AvgIpc) is 2.56. The molecule has 0 bridgehead atoms. The number of nitrogens with one attached hydrogen (secondary N) is 1. The van der Waals surface area contributed by atoms with E-state index in [1.165, 1.54) is 17.0 Å². The molecule has 5 nitrogen and oxygen atoms in total. The highest BCUT2D eigenvalue weighted by Gasteiger charge is 2.22. The van der Waals surface area contributed by atoms with Crippen LogP contribution in [0.5, 0.6) is 0 Å². The molecule has 1 aliphatic heterocycles. The molecule has 0 aliphatic carbocycles. The monoisotopic (exact) mass is 251 g/mol. The van der Waals surface area contributed by atoms with Gasteiger partial charge in [-0.15, -0.1) is 0 Å². The number of hydrogen-bond acceptors (Lipinski definition) is 3. The molecule has 0 saturated carbocycles. The van der Waals surface area contributed by atoms with Crippen LogP contribution < -0.4 is 11.1 Å². The number of carbonyl (C=O) groups is 2. The summed E-state index contributed by atoms with van der Waals surface area (Å²) < 4.78 is 13.1. The minimum Gasteiger partial charge on any atom is -0.398 e. The Morgan fingerprint density at radius 3 is 3.00 bits per heavy atom. The molecule has 1 heterocycles. The Bertz CT molecular complexity index is 490. The van der Waals surface area contributed by atoms with E-state index in [4.69, 9.17) is 5.73 Å². The van der Waals surface area contributed by atoms with Gasteiger partial charge in [-0.3, -0.25) is 9.59 Å². The number of rotatable bonds is 1. The summed E-state index contributed by atoms with van der Waals surface area (Å²) in [5.41, 5.74) is 5.97. The first-order valence-corrected chi connectivity index (χ1v) is 5.69. The SMILES string of the molecule is Nc1ccc(F)cc1C(=O)N1CCCNC(=O)C1. The van der Waals surface area contributed by atoms with Gasteiger partial charge in [0.2, 0.25) is 5.91 Å². The average molecular weight is 251 g/mol. The van der Waals surface area contributed by atoms with Crippen LogP contribution in [0.2, 0.25) is 0 Å². The van der Waals surface area contributed by atoms with E-state index in [9.17, 15) is 14.0 Å². The van der Waals surface area contributed by atoms with E-state index in [2.05, 4.69) is 5.32 Å². The Hall–Kier alpha value is -2.11. The van der Waals surface area contributed by atoms with Gasteiger partial charge in [0.1, 0.15) is 5.82 Å². The van der Waals surface area contributed by atoms with Crippen LogP contribution in [0.4, 0.5) is 10.1 Å². The third-order valence-corrected chi connectivity index (χ3v) is 2.79. The highest BCUT2D eigenvalue weighted by molar-refractivity contribution is 6.00. The first-order chi connectivity index (χ1) is 8.58. The van der Waals surface area contributed by atoms with Crippen molar-refractivity contribution in [3.63, 3.8) is 0 Å². The highest BCUT2D eigenvalue weighted by Crippen LogP contribution is 2.16. The fraction of sp³-hybridized carbons (Fsp3) is 0.333. The Labute approximate surface area is 104 Å². The number of anilines is 1. The van der Waals surface area contributed by atoms with E-state index in [-0.39, 0.29) is 23.7 Å². The summed E-state index contributed by atoms with van der Waals surface area (Å²) in [5.74, 6) is -1.15. The Morgan fingerprint density at radius 1 is 1.44 bits per heavy atom. The molecular weight excluding hydrogens is 237 g/mol. The molecule has 3 N–H and O–H groups in total. The second-order valence-electron chi connectivity index (χ2n) is 4.16. The van der Waals surface area contributed by atoms with Crippen molar-refractivity contribution in [2.24, 2.45) is 0 Å². The minimum atomic E-state index is -0.521. The van der Waals surface area contributed by atoms with Crippen molar-refractivity contribution in [3.8, 4) is 0 Å². The molecule has 0 radical (unpaired) electrons. The van der Waals surface area contributed by atoms with Gasteiger partial charge in [0.25, 0.3) is 5.91 Å². The number of nitrogen functional groups attached to an aromatic ring is 1. The number of nitrogens with two attached hydrogens (primary N) is 1. The van der Waals surface area contributed by atoms with Gasteiger partial charge >= 0.3 is 0 Å². The fourth-order valence-corrected chi connectivity index (χ4v) is 1.86. The number of amides is 2. The second kappa shape index (κ2) is 5.03. The van der Waals surface area contributed by atoms with Crippen molar-refractivity contribution >= 4 is 17.5 Å². The van der Waals surface area contributed by atoms with E-state index in [1.807, 2.05) is 0 Å². The van der Waals surface area contributed by atoms with Crippen LogP contribution in [0, 0.1) is 5.82 Å². The summed E-state index contributed by atoms with van der Waals surface area (Å²) >= 11 is 0. The number of carbonyl (C=O) groups excluding carboxylic acids is 2. The van der Waals surface area contributed by atoms with Crippen molar-refractivity contribution in [2.45, 2.75) is 6.42 Å². The van der Waals surface area contributed by atoms with Gasteiger partial charge < -0.3 is 16.0 Å². The Balaban J connectivity index is 2.24. The van der Waals surface area contributed by atoms with Crippen LogP contribution in [0.1, 0.15) is 16.8 Å². The van der Waals surface area contributed by atoms with Crippen LogP contribution in [-0.4, -0.2) is 36.3 Å². The second-order valence-corrected chi connectivity index (χ2v) is 4.16. The first kappa shape index (κ1) is 12.3. The lowest BCUT2D eigenvalue weighted by molar-refractivity contribution is -0.121. The van der Waals surface area contributed by atoms with E-state index in [0.29, 0.717) is 19.5 Å². The number of hydrogen-bond donors (Lipinski definition) is 2. The zero-order chi connectivity index (χ0) is 13.1. The lowest BCUT2D eigenvalue weighted by atomic mass is 10.1. The van der Waals surface area contributed by atoms with Crippen LogP contribution in [0.15, 0.2) is 18.2 Å². The molecule has 0 aromatic heterocycles. The molecule has 1 aromatic rings. The largest absolute Gasteiger partial charge is 0.398 e. The Kier molecular flexibility index (Phi) is 3.45. The van der Waals surface area contributed by atoms with Crippen molar-refractivity contribution in [2.75, 3.05) is 25.4 Å². The lowest BCUT2D eigenvalue weighted by Gasteiger charge is -2.19. The molecule has 0 spiro atoms. The van der Waals surface area contributed by atoms with E-state index < -0.39 is 11.7 Å². The normalized spacial score (nSPS) is 16.1. The zero-order valence-electron chi connectivity index (χ0n) is 9.78. The molecule has 1 fully saturated rings. The summed E-state index contributed by atoms with van der Waals surface area (Å²) in [6.07, 6.45) is 0.673. The van der Waals surface area contributed by atoms with Crippen molar-refractivity contribution in [1.82, 2.24) is 10.2 Å². The summed E-state index contributed by atoms with van der Waals surface area (Å²) in [5, 5.41) is 2.67. The summed E-state index contributed by atoms with van der Waals surface area (Å²) in [6, 6.07) is 3.64. The van der Waals surface area contributed by atoms with Crippen LogP contribution in [0.25, 0.3) is 0 Å². The molecule has 2 rings (SSSR count). The number of benzene rings is 1. The van der Waals surface area contributed by atoms with Crippen LogP contribution in [-0.2, 0) is 4.79 Å². The molecule has 1 saturated heterocycles. The van der Waals surface area contributed by atoms with Crippen LogP contribution >= 0.6 is 0 Å². The molecule has 96 valence electrons. The quantitative estimate of drug-likeness (QED) is 0.708. The van der Waals surface area contributed by atoms with Gasteiger partial charge in [-0.05, 0) is 24.6 Å². The van der Waals surface area contributed by atoms with Gasteiger partial charge in [-0.2, -0.15) is 0 Å². The standard InChI is InChI=1S/C12H14FN3O2/c13-8-2-3-10(14)9(6-8)12(18)16-5-1-4-15-11(17)7-16/h2-3,6H,1,4-5,7,14H2,(H,15,17). The third kappa shape index (κ3) is 2.58. The predicted molar refractivity (Wildman–Crippen MR) is 64.3 cm³/mol. The number of halogens is 1. The zero-order valence-corrected chi connectivity index (χ0v) is 9.78. The molecule has 0 atom stereocenters. The van der Waals surface area contributed by atoms with E-state index in [1.54, 1.807) is 0 Å². The molecule has 0 unspecified atom stereocenters. The predicted octanol–water partition coefficient (Wildman–Crippen LogP) is 0.370. The van der Waals surface area contributed by atoms with E-state index in [0.717, 1.165) is 6.07 Å². The van der Waals surface area contributed by atoms with Gasteiger partial charge in [0.15, 0.2) is 0 Å². The highest BCUT2D eigenvalue weighted by atomic mass is 19.1. The minimum absolute atomic E-state index is 0.0191. The maximum atomic E-state index is 13.1.